The molecule has 1 heterocycles. The number of para-hydroxylation sites is 1. The van der Waals surface area contributed by atoms with Gasteiger partial charge in [0.25, 0.3) is 0 Å². The molecule has 0 aliphatic heterocycles. The molecular weight excluding hydrogens is 298 g/mol. The van der Waals surface area contributed by atoms with Crippen molar-refractivity contribution in [2.75, 3.05) is 11.9 Å². The molecule has 0 fully saturated rings. The zero-order chi connectivity index (χ0) is 17.3. The molecule has 0 bridgehead atoms. The molecule has 5 nitrogen and oxygen atoms in total. The molecule has 0 aliphatic rings. The number of hydrogen-bond donors (Lipinski definition) is 2. The summed E-state index contributed by atoms with van der Waals surface area (Å²) in [5.41, 5.74) is 3.70. The normalized spacial score (nSPS) is 10.6. The van der Waals surface area contributed by atoms with Crippen molar-refractivity contribution < 1.29 is 0 Å². The summed E-state index contributed by atoms with van der Waals surface area (Å²) in [6, 6.07) is 15.8. The number of nitrogens with zero attached hydrogens (tertiary/aromatic N) is 3. The van der Waals surface area contributed by atoms with Gasteiger partial charge in [0.05, 0.1) is 11.9 Å². The standard InChI is InChI=1S/C19H19N5/c1-13(2)14-9-10-16-17(11-14)24(12-20)19(21)22-18(16)23(3)15-7-5-4-6-8-15/h4-12,20-21H,1H2,2-3H3. The van der Waals surface area contributed by atoms with Gasteiger partial charge in [-0.3, -0.25) is 15.4 Å². The molecule has 24 heavy (non-hydrogen) atoms. The van der Waals surface area contributed by atoms with Crippen molar-refractivity contribution in [2.45, 2.75) is 6.92 Å². The number of hydrogen-bond acceptors (Lipinski definition) is 4. The lowest BCUT2D eigenvalue weighted by Gasteiger charge is -2.21. The average molecular weight is 317 g/mol. The Balaban J connectivity index is 2.32. The van der Waals surface area contributed by atoms with E-state index in [-0.39, 0.29) is 5.62 Å². The first-order valence-electron chi connectivity index (χ1n) is 7.59. The molecule has 0 aliphatic carbocycles. The van der Waals surface area contributed by atoms with Gasteiger partial charge in [0.15, 0.2) is 0 Å². The summed E-state index contributed by atoms with van der Waals surface area (Å²) in [6.45, 7) is 5.92. The van der Waals surface area contributed by atoms with Crippen molar-refractivity contribution in [1.29, 1.82) is 10.8 Å². The second-order valence-electron chi connectivity index (χ2n) is 5.66. The molecule has 120 valence electrons. The highest BCUT2D eigenvalue weighted by Crippen LogP contribution is 2.29. The van der Waals surface area contributed by atoms with E-state index in [1.54, 1.807) is 0 Å². The highest BCUT2D eigenvalue weighted by atomic mass is 15.2. The second kappa shape index (κ2) is 6.12. The minimum absolute atomic E-state index is 0.0224. The van der Waals surface area contributed by atoms with Gasteiger partial charge in [-0.05, 0) is 36.8 Å². The Morgan fingerprint density at radius 3 is 2.54 bits per heavy atom. The zero-order valence-corrected chi connectivity index (χ0v) is 13.7. The Kier molecular flexibility index (Phi) is 4.00. The molecule has 2 aromatic carbocycles. The number of allylic oxidation sites excluding steroid dienone is 1. The van der Waals surface area contributed by atoms with E-state index in [2.05, 4.69) is 11.6 Å². The summed E-state index contributed by atoms with van der Waals surface area (Å²) < 4.78 is 1.46. The molecule has 2 N–H and O–H groups in total. The molecule has 0 spiro atoms. The SMILES string of the molecule is C=C(C)c1ccc2c(N(C)c3ccccc3)nc(=N)n(C=N)c2c1. The number of anilines is 2. The fraction of sp³-hybridized carbons (Fsp3) is 0.105. The van der Waals surface area contributed by atoms with Crippen LogP contribution in [0.1, 0.15) is 12.5 Å². The Labute approximate surface area is 140 Å². The zero-order valence-electron chi connectivity index (χ0n) is 13.7. The lowest BCUT2D eigenvalue weighted by atomic mass is 10.1. The van der Waals surface area contributed by atoms with Crippen LogP contribution in [0, 0.1) is 10.8 Å². The van der Waals surface area contributed by atoms with Crippen LogP contribution in [-0.4, -0.2) is 22.9 Å². The third-order valence-corrected chi connectivity index (χ3v) is 4.02. The minimum Gasteiger partial charge on any atom is -0.329 e. The molecule has 0 saturated heterocycles. The van der Waals surface area contributed by atoms with Crippen LogP contribution in [0.5, 0.6) is 0 Å². The summed E-state index contributed by atoms with van der Waals surface area (Å²) in [6.07, 6.45) is 1.12. The number of aromatic nitrogens is 2. The van der Waals surface area contributed by atoms with Gasteiger partial charge in [0.2, 0.25) is 5.62 Å². The van der Waals surface area contributed by atoms with E-state index in [0.29, 0.717) is 5.82 Å². The largest absolute Gasteiger partial charge is 0.329 e. The van der Waals surface area contributed by atoms with Gasteiger partial charge >= 0.3 is 0 Å². The predicted molar refractivity (Wildman–Crippen MR) is 99.0 cm³/mol. The van der Waals surface area contributed by atoms with Crippen LogP contribution < -0.4 is 10.5 Å². The number of benzene rings is 2. The second-order valence-corrected chi connectivity index (χ2v) is 5.66. The van der Waals surface area contributed by atoms with Crippen molar-refractivity contribution in [3.8, 4) is 0 Å². The summed E-state index contributed by atoms with van der Waals surface area (Å²) in [5, 5.41) is 16.7. The Morgan fingerprint density at radius 1 is 1.21 bits per heavy atom. The molecule has 0 atom stereocenters. The highest BCUT2D eigenvalue weighted by Gasteiger charge is 2.13. The molecule has 0 saturated carbocycles. The minimum atomic E-state index is 0.0224. The topological polar surface area (TPSA) is 68.8 Å². The highest BCUT2D eigenvalue weighted by molar-refractivity contribution is 5.95. The number of nitrogens with one attached hydrogen (secondary N) is 2. The summed E-state index contributed by atoms with van der Waals surface area (Å²) in [7, 11) is 1.93. The molecular formula is C19H19N5. The van der Waals surface area contributed by atoms with Crippen LogP contribution in [0.25, 0.3) is 16.5 Å². The van der Waals surface area contributed by atoms with Gasteiger partial charge in [-0.15, -0.1) is 0 Å². The fourth-order valence-corrected chi connectivity index (χ4v) is 2.67. The molecule has 0 radical (unpaired) electrons. The number of fused-ring (bicyclic) bond motifs is 1. The molecule has 0 unspecified atom stereocenters. The summed E-state index contributed by atoms with van der Waals surface area (Å²) >= 11 is 0. The van der Waals surface area contributed by atoms with E-state index in [9.17, 15) is 0 Å². The van der Waals surface area contributed by atoms with Crippen molar-refractivity contribution in [2.24, 2.45) is 0 Å². The molecule has 3 rings (SSSR count). The van der Waals surface area contributed by atoms with Gasteiger partial charge in [0, 0.05) is 18.1 Å². The van der Waals surface area contributed by atoms with Crippen molar-refractivity contribution in [3.63, 3.8) is 0 Å². The molecule has 5 heteroatoms. The van der Waals surface area contributed by atoms with E-state index >= 15 is 0 Å². The quantitative estimate of drug-likeness (QED) is 0.568. The molecule has 0 amide bonds. The van der Waals surface area contributed by atoms with Gasteiger partial charge in [-0.25, -0.2) is 0 Å². The Hall–Kier alpha value is -3.21. The lowest BCUT2D eigenvalue weighted by molar-refractivity contribution is 0.915. The van der Waals surface area contributed by atoms with E-state index < -0.39 is 0 Å². The third kappa shape index (κ3) is 2.60. The number of rotatable bonds is 4. The van der Waals surface area contributed by atoms with E-state index in [1.165, 1.54) is 4.57 Å². The van der Waals surface area contributed by atoms with Crippen LogP contribution in [0.2, 0.25) is 0 Å². The van der Waals surface area contributed by atoms with Crippen LogP contribution in [0.15, 0.2) is 55.1 Å². The first kappa shape index (κ1) is 15.7. The molecule has 3 aromatic rings. The maximum absolute atomic E-state index is 8.18. The van der Waals surface area contributed by atoms with E-state index in [4.69, 9.17) is 10.8 Å². The van der Waals surface area contributed by atoms with Crippen molar-refractivity contribution in [1.82, 2.24) is 9.55 Å². The summed E-state index contributed by atoms with van der Waals surface area (Å²) in [4.78, 5) is 6.36. The smallest absolute Gasteiger partial charge is 0.229 e. The van der Waals surface area contributed by atoms with Crippen LogP contribution >= 0.6 is 0 Å². The Morgan fingerprint density at radius 2 is 1.92 bits per heavy atom. The van der Waals surface area contributed by atoms with Crippen LogP contribution in [0.4, 0.5) is 11.5 Å². The van der Waals surface area contributed by atoms with Gasteiger partial charge < -0.3 is 4.90 Å². The van der Waals surface area contributed by atoms with E-state index in [0.717, 1.165) is 34.1 Å². The van der Waals surface area contributed by atoms with Crippen LogP contribution in [0.3, 0.4) is 0 Å². The monoisotopic (exact) mass is 317 g/mol. The average Bonchev–Trinajstić information content (AvgIpc) is 2.60. The Bertz CT molecular complexity index is 986. The summed E-state index contributed by atoms with van der Waals surface area (Å²) in [5.74, 6) is 0.688. The van der Waals surface area contributed by atoms with Gasteiger partial charge in [-0.2, -0.15) is 4.98 Å². The van der Waals surface area contributed by atoms with Gasteiger partial charge in [0.1, 0.15) is 5.82 Å². The van der Waals surface area contributed by atoms with Crippen LogP contribution in [-0.2, 0) is 0 Å². The van der Waals surface area contributed by atoms with Crippen molar-refractivity contribution >= 4 is 34.3 Å². The van der Waals surface area contributed by atoms with Gasteiger partial charge in [-0.1, -0.05) is 36.4 Å². The first-order chi connectivity index (χ1) is 11.5. The predicted octanol–water partition coefficient (Wildman–Crippen LogP) is 3.77. The third-order valence-electron chi connectivity index (χ3n) is 4.02. The lowest BCUT2D eigenvalue weighted by Crippen LogP contribution is -2.26. The van der Waals surface area contributed by atoms with Crippen molar-refractivity contribution in [3.05, 3.63) is 66.3 Å². The first-order valence-corrected chi connectivity index (χ1v) is 7.59. The fourth-order valence-electron chi connectivity index (χ4n) is 2.67. The maximum atomic E-state index is 8.18. The van der Waals surface area contributed by atoms with E-state index in [1.807, 2.05) is 67.4 Å². The molecule has 1 aromatic heterocycles. The maximum Gasteiger partial charge on any atom is 0.229 e.